The van der Waals surface area contributed by atoms with Gasteiger partial charge in [0.05, 0.1) is 32.3 Å². The first-order valence-electron chi connectivity index (χ1n) is 13.7. The molecule has 2 aromatic carbocycles. The first-order valence-corrected chi connectivity index (χ1v) is 13.7. The average Bonchev–Trinajstić information content (AvgIpc) is 2.93. The summed E-state index contributed by atoms with van der Waals surface area (Å²) in [5.41, 5.74) is 7.66. The van der Waals surface area contributed by atoms with Crippen LogP contribution in [-0.2, 0) is 21.4 Å². The van der Waals surface area contributed by atoms with Crippen molar-refractivity contribution in [2.45, 2.75) is 64.5 Å². The van der Waals surface area contributed by atoms with Gasteiger partial charge in [0.2, 0.25) is 5.91 Å². The summed E-state index contributed by atoms with van der Waals surface area (Å²) in [5.74, 6) is 2.54. The van der Waals surface area contributed by atoms with E-state index < -0.39 is 17.6 Å². The van der Waals surface area contributed by atoms with Crippen molar-refractivity contribution in [1.29, 1.82) is 0 Å². The van der Waals surface area contributed by atoms with E-state index in [1.807, 2.05) is 56.3 Å². The van der Waals surface area contributed by atoms with Gasteiger partial charge in [-0.2, -0.15) is 0 Å². The molecule has 0 spiro atoms. The van der Waals surface area contributed by atoms with E-state index in [0.29, 0.717) is 37.1 Å². The Kier molecular flexibility index (Phi) is 15.4. The van der Waals surface area contributed by atoms with Gasteiger partial charge >= 0.3 is 0 Å². The van der Waals surface area contributed by atoms with Crippen LogP contribution in [0.25, 0.3) is 0 Å². The van der Waals surface area contributed by atoms with E-state index >= 15 is 0 Å². The van der Waals surface area contributed by atoms with Gasteiger partial charge in [-0.3, -0.25) is 4.79 Å². The number of amides is 1. The Labute approximate surface area is 246 Å². The quantitative estimate of drug-likeness (QED) is 0.236. The Morgan fingerprint density at radius 2 is 1.68 bits per heavy atom. The molecule has 2 rings (SSSR count). The molecule has 0 aliphatic heterocycles. The van der Waals surface area contributed by atoms with Crippen molar-refractivity contribution in [1.82, 2.24) is 5.32 Å². The Hall–Kier alpha value is -2.52. The zero-order chi connectivity index (χ0) is 29.0. The fourth-order valence-electron chi connectivity index (χ4n) is 4.46. The number of carbonyl (C=O) groups excluding carboxylic acids is 1. The molecule has 3 atom stereocenters. The first kappa shape index (κ1) is 35.5. The summed E-state index contributed by atoms with van der Waals surface area (Å²) in [4.78, 5) is 13.0. The largest absolute Gasteiger partial charge is 0.497 e. The molecule has 0 aromatic heterocycles. The molecular formula is C31H49ClN2O6. The molecule has 9 heteroatoms. The number of hydrogen-bond acceptors (Lipinski definition) is 7. The van der Waals surface area contributed by atoms with E-state index in [4.69, 9.17) is 24.7 Å². The van der Waals surface area contributed by atoms with E-state index in [-0.39, 0.29) is 30.8 Å². The van der Waals surface area contributed by atoms with E-state index in [0.717, 1.165) is 29.7 Å². The van der Waals surface area contributed by atoms with E-state index in [1.54, 1.807) is 21.3 Å². The number of methoxy groups -OCH3 is 3. The Morgan fingerprint density at radius 3 is 2.25 bits per heavy atom. The van der Waals surface area contributed by atoms with Gasteiger partial charge in [-0.25, -0.2) is 0 Å². The maximum absolute atomic E-state index is 13.0. The van der Waals surface area contributed by atoms with Gasteiger partial charge in [0.15, 0.2) is 11.5 Å². The molecule has 226 valence electrons. The highest BCUT2D eigenvalue weighted by molar-refractivity contribution is 5.87. The van der Waals surface area contributed by atoms with Crippen molar-refractivity contribution in [3.05, 3.63) is 53.6 Å². The third-order valence-corrected chi connectivity index (χ3v) is 7.34. The first-order chi connectivity index (χ1) is 18.5. The molecule has 0 aliphatic carbocycles. The van der Waals surface area contributed by atoms with Gasteiger partial charge in [0, 0.05) is 32.7 Å². The van der Waals surface area contributed by atoms with Gasteiger partial charge in [-0.15, -0.1) is 12.4 Å². The minimum atomic E-state index is -0.864. The lowest BCUT2D eigenvalue weighted by molar-refractivity contribution is -0.126. The molecule has 0 heterocycles. The zero-order valence-corrected chi connectivity index (χ0v) is 25.9. The van der Waals surface area contributed by atoms with Gasteiger partial charge < -0.3 is 35.1 Å². The number of rotatable bonds is 17. The molecule has 3 unspecified atom stereocenters. The molecule has 0 radical (unpaired) electrons. The summed E-state index contributed by atoms with van der Waals surface area (Å²) in [6.07, 6.45) is 1.33. The van der Waals surface area contributed by atoms with Gasteiger partial charge in [0.1, 0.15) is 5.75 Å². The van der Waals surface area contributed by atoms with Crippen LogP contribution in [0.1, 0.15) is 51.7 Å². The van der Waals surface area contributed by atoms with Crippen LogP contribution in [0.5, 0.6) is 17.2 Å². The third-order valence-electron chi connectivity index (χ3n) is 7.34. The Balaban J connectivity index is 0.00000800. The summed E-state index contributed by atoms with van der Waals surface area (Å²) < 4.78 is 21.7. The standard InChI is InChI=1S/C31H48N2O6.ClH/c1-21(2)23(17-22-9-14-28(38-7)29(18-22)39-16-8-15-36-5)19-26(32)27(34)20-33-30(35)31(3,4)24-10-12-25(37-6)13-11-24;/h9-14,18,21,23,26-27,34H,8,15-17,19-20,32H2,1-7H3,(H,33,35);1H. The third kappa shape index (κ3) is 10.5. The molecule has 4 N–H and O–H groups in total. The average molecular weight is 581 g/mol. The lowest BCUT2D eigenvalue weighted by Gasteiger charge is -2.29. The van der Waals surface area contributed by atoms with Crippen molar-refractivity contribution in [2.75, 3.05) is 41.1 Å². The minimum absolute atomic E-state index is 0. The van der Waals surface area contributed by atoms with Gasteiger partial charge in [0.25, 0.3) is 0 Å². The molecule has 0 fully saturated rings. The maximum atomic E-state index is 13.0. The van der Waals surface area contributed by atoms with Crippen LogP contribution in [-0.4, -0.2) is 64.2 Å². The topological polar surface area (TPSA) is 112 Å². The second-order valence-electron chi connectivity index (χ2n) is 10.9. The van der Waals surface area contributed by atoms with Gasteiger partial charge in [-0.05, 0) is 73.9 Å². The summed E-state index contributed by atoms with van der Waals surface area (Å²) in [6, 6.07) is 12.9. The highest BCUT2D eigenvalue weighted by Crippen LogP contribution is 2.31. The normalized spacial score (nSPS) is 13.7. The van der Waals surface area contributed by atoms with Crippen LogP contribution < -0.4 is 25.3 Å². The molecule has 0 saturated carbocycles. The maximum Gasteiger partial charge on any atom is 0.230 e. The smallest absolute Gasteiger partial charge is 0.230 e. The monoisotopic (exact) mass is 580 g/mol. The summed E-state index contributed by atoms with van der Waals surface area (Å²) in [6.45, 7) is 9.30. The fraction of sp³-hybridized carbons (Fsp3) is 0.581. The van der Waals surface area contributed by atoms with Crippen LogP contribution in [0.3, 0.4) is 0 Å². The molecule has 1 amide bonds. The van der Waals surface area contributed by atoms with Crippen LogP contribution in [0, 0.1) is 11.8 Å². The van der Waals surface area contributed by atoms with Crippen molar-refractivity contribution in [2.24, 2.45) is 17.6 Å². The number of nitrogens with one attached hydrogen (secondary N) is 1. The SMILES string of the molecule is COCCCOc1cc(CC(CC(N)C(O)CNC(=O)C(C)(C)c2ccc(OC)cc2)C(C)C)ccc1OC.Cl. The zero-order valence-electron chi connectivity index (χ0n) is 25.1. The number of carbonyl (C=O) groups is 1. The predicted molar refractivity (Wildman–Crippen MR) is 162 cm³/mol. The number of benzene rings is 2. The van der Waals surface area contributed by atoms with Crippen LogP contribution in [0.15, 0.2) is 42.5 Å². The lowest BCUT2D eigenvalue weighted by atomic mass is 9.82. The number of aliphatic hydroxyl groups excluding tert-OH is 1. The lowest BCUT2D eigenvalue weighted by Crippen LogP contribution is -2.48. The number of ether oxygens (including phenoxy) is 4. The van der Waals surface area contributed by atoms with E-state index in [2.05, 4.69) is 19.2 Å². The second kappa shape index (κ2) is 17.3. The number of aliphatic hydroxyl groups is 1. The number of halogens is 1. The summed E-state index contributed by atoms with van der Waals surface area (Å²) >= 11 is 0. The molecule has 2 aromatic rings. The minimum Gasteiger partial charge on any atom is -0.497 e. The fourth-order valence-corrected chi connectivity index (χ4v) is 4.46. The van der Waals surface area contributed by atoms with Crippen molar-refractivity contribution in [3.63, 3.8) is 0 Å². The highest BCUT2D eigenvalue weighted by Gasteiger charge is 2.31. The van der Waals surface area contributed by atoms with E-state index in [9.17, 15) is 9.90 Å². The summed E-state index contributed by atoms with van der Waals surface area (Å²) in [7, 11) is 4.91. The number of hydrogen-bond donors (Lipinski definition) is 3. The molecule has 0 saturated heterocycles. The van der Waals surface area contributed by atoms with Crippen LogP contribution in [0.2, 0.25) is 0 Å². The molecule has 0 bridgehead atoms. The second-order valence-corrected chi connectivity index (χ2v) is 10.9. The Bertz CT molecular complexity index is 1020. The highest BCUT2D eigenvalue weighted by atomic mass is 35.5. The molecule has 8 nitrogen and oxygen atoms in total. The molecular weight excluding hydrogens is 532 g/mol. The van der Waals surface area contributed by atoms with Gasteiger partial charge in [-0.1, -0.05) is 32.0 Å². The Morgan fingerprint density at radius 1 is 1.00 bits per heavy atom. The van der Waals surface area contributed by atoms with Crippen LogP contribution >= 0.6 is 12.4 Å². The molecule has 40 heavy (non-hydrogen) atoms. The van der Waals surface area contributed by atoms with Crippen molar-refractivity contribution < 1.29 is 28.8 Å². The van der Waals surface area contributed by atoms with Crippen LogP contribution in [0.4, 0.5) is 0 Å². The van der Waals surface area contributed by atoms with Crippen molar-refractivity contribution in [3.8, 4) is 17.2 Å². The van der Waals surface area contributed by atoms with E-state index in [1.165, 1.54) is 0 Å². The number of nitrogens with two attached hydrogens (primary N) is 1. The van der Waals surface area contributed by atoms with Crippen molar-refractivity contribution >= 4 is 18.3 Å². The molecule has 0 aliphatic rings. The summed E-state index contributed by atoms with van der Waals surface area (Å²) in [5, 5.41) is 13.7. The predicted octanol–water partition coefficient (Wildman–Crippen LogP) is 4.53.